The van der Waals surface area contributed by atoms with E-state index in [0.717, 1.165) is 22.6 Å². The minimum atomic E-state index is -0.716. The van der Waals surface area contributed by atoms with Gasteiger partial charge in [-0.05, 0) is 41.7 Å². The molecule has 4 rings (SSSR count). The smallest absolute Gasteiger partial charge is 0.256 e. The summed E-state index contributed by atoms with van der Waals surface area (Å²) in [5, 5.41) is 11.5. The number of thioether (sulfide) groups is 1. The molecule has 30 heavy (non-hydrogen) atoms. The Labute approximate surface area is 190 Å². The monoisotopic (exact) mass is 467 g/mol. The predicted octanol–water partition coefficient (Wildman–Crippen LogP) is 4.61. The number of aliphatic hydroxyl groups excluding tert-OH is 1. The van der Waals surface area contributed by atoms with Crippen molar-refractivity contribution in [2.75, 3.05) is 32.3 Å². The highest BCUT2D eigenvalue weighted by molar-refractivity contribution is 8.00. The van der Waals surface area contributed by atoms with E-state index in [0.29, 0.717) is 52.2 Å². The topological polar surface area (TPSA) is 59.0 Å². The van der Waals surface area contributed by atoms with Gasteiger partial charge in [-0.15, -0.1) is 0 Å². The van der Waals surface area contributed by atoms with Crippen LogP contribution in [0.5, 0.6) is 11.5 Å². The molecule has 1 saturated heterocycles. The maximum atomic E-state index is 13.4. The van der Waals surface area contributed by atoms with Crippen LogP contribution in [-0.2, 0) is 13.0 Å². The van der Waals surface area contributed by atoms with E-state index >= 15 is 0 Å². The van der Waals surface area contributed by atoms with Gasteiger partial charge in [0.05, 0.1) is 30.9 Å². The van der Waals surface area contributed by atoms with E-state index in [1.807, 2.05) is 12.1 Å². The third kappa shape index (κ3) is 3.86. The second kappa shape index (κ2) is 8.87. The summed E-state index contributed by atoms with van der Waals surface area (Å²) in [7, 11) is 3.19. The van der Waals surface area contributed by atoms with Crippen LogP contribution >= 0.6 is 35.0 Å². The Bertz CT molecular complexity index is 980. The summed E-state index contributed by atoms with van der Waals surface area (Å²) in [5.74, 6) is 3.06. The van der Waals surface area contributed by atoms with Crippen molar-refractivity contribution in [1.82, 2.24) is 4.90 Å². The molecule has 2 aromatic rings. The number of hydrogen-bond acceptors (Lipinski definition) is 5. The van der Waals surface area contributed by atoms with Gasteiger partial charge in [-0.2, -0.15) is 11.8 Å². The fraction of sp³-hybridized carbons (Fsp3) is 0.409. The van der Waals surface area contributed by atoms with Crippen LogP contribution in [0.1, 0.15) is 33.2 Å². The Balaban J connectivity index is 1.65. The van der Waals surface area contributed by atoms with E-state index in [1.165, 1.54) is 0 Å². The SMILES string of the molecule is COc1ccc(CN2CCc3c(Cl)cc(C(O)C4CSC4)c(Cl)c3C2=O)c(OC)c1. The van der Waals surface area contributed by atoms with Crippen LogP contribution < -0.4 is 9.47 Å². The number of methoxy groups -OCH3 is 2. The van der Waals surface area contributed by atoms with Gasteiger partial charge in [0.15, 0.2) is 0 Å². The van der Waals surface area contributed by atoms with Crippen LogP contribution in [-0.4, -0.2) is 48.2 Å². The highest BCUT2D eigenvalue weighted by atomic mass is 35.5. The molecule has 0 aliphatic carbocycles. The van der Waals surface area contributed by atoms with Crippen molar-refractivity contribution < 1.29 is 19.4 Å². The number of carbonyl (C=O) groups excluding carboxylic acids is 1. The second-order valence-electron chi connectivity index (χ2n) is 7.51. The molecule has 8 heteroatoms. The van der Waals surface area contributed by atoms with Crippen LogP contribution in [0, 0.1) is 5.92 Å². The summed E-state index contributed by atoms with van der Waals surface area (Å²) >= 11 is 15.0. The third-order valence-electron chi connectivity index (χ3n) is 5.76. The predicted molar refractivity (Wildman–Crippen MR) is 120 cm³/mol. The number of halogens is 2. The second-order valence-corrected chi connectivity index (χ2v) is 9.37. The normalized spacial score (nSPS) is 17.4. The number of carbonyl (C=O) groups is 1. The van der Waals surface area contributed by atoms with Gasteiger partial charge >= 0.3 is 0 Å². The van der Waals surface area contributed by atoms with E-state index in [-0.39, 0.29) is 11.8 Å². The van der Waals surface area contributed by atoms with Crippen molar-refractivity contribution in [2.45, 2.75) is 19.1 Å². The summed E-state index contributed by atoms with van der Waals surface area (Å²) in [5.41, 5.74) is 2.58. The highest BCUT2D eigenvalue weighted by Crippen LogP contribution is 2.43. The number of nitrogens with zero attached hydrogens (tertiary/aromatic N) is 1. The molecule has 5 nitrogen and oxygen atoms in total. The highest BCUT2D eigenvalue weighted by Gasteiger charge is 2.35. The molecule has 0 aromatic heterocycles. The molecule has 1 fully saturated rings. The van der Waals surface area contributed by atoms with E-state index < -0.39 is 6.10 Å². The van der Waals surface area contributed by atoms with Crippen LogP contribution in [0.2, 0.25) is 10.0 Å². The first-order valence-electron chi connectivity index (χ1n) is 9.71. The lowest BCUT2D eigenvalue weighted by molar-refractivity contribution is 0.0725. The molecule has 1 atom stereocenters. The summed E-state index contributed by atoms with van der Waals surface area (Å²) in [6.45, 7) is 0.906. The van der Waals surface area contributed by atoms with E-state index in [2.05, 4.69) is 0 Å². The summed E-state index contributed by atoms with van der Waals surface area (Å²) in [4.78, 5) is 15.1. The van der Waals surface area contributed by atoms with Gasteiger partial charge in [0.25, 0.3) is 5.91 Å². The number of hydrogen-bond donors (Lipinski definition) is 1. The Morgan fingerprint density at radius 2 is 2.00 bits per heavy atom. The van der Waals surface area contributed by atoms with E-state index in [4.69, 9.17) is 32.7 Å². The minimum Gasteiger partial charge on any atom is -0.497 e. The first kappa shape index (κ1) is 21.6. The lowest BCUT2D eigenvalue weighted by Crippen LogP contribution is -2.38. The van der Waals surface area contributed by atoms with Gasteiger partial charge in [-0.1, -0.05) is 23.2 Å². The van der Waals surface area contributed by atoms with E-state index in [1.54, 1.807) is 43.0 Å². The lowest BCUT2D eigenvalue weighted by atomic mass is 9.91. The fourth-order valence-electron chi connectivity index (χ4n) is 3.90. The van der Waals surface area contributed by atoms with Crippen molar-refractivity contribution in [3.8, 4) is 11.5 Å². The largest absolute Gasteiger partial charge is 0.497 e. The van der Waals surface area contributed by atoms with Crippen molar-refractivity contribution >= 4 is 40.9 Å². The Morgan fingerprint density at radius 1 is 1.23 bits per heavy atom. The zero-order valence-corrected chi connectivity index (χ0v) is 19.1. The van der Waals surface area contributed by atoms with Crippen molar-refractivity contribution in [2.24, 2.45) is 5.92 Å². The maximum absolute atomic E-state index is 13.4. The molecule has 1 amide bonds. The minimum absolute atomic E-state index is 0.139. The molecule has 0 spiro atoms. The summed E-state index contributed by atoms with van der Waals surface area (Å²) in [6.07, 6.45) is -0.111. The molecule has 0 bridgehead atoms. The first-order chi connectivity index (χ1) is 14.4. The maximum Gasteiger partial charge on any atom is 0.256 e. The number of amides is 1. The summed E-state index contributed by atoms with van der Waals surface area (Å²) < 4.78 is 10.7. The zero-order valence-electron chi connectivity index (χ0n) is 16.8. The molecule has 0 saturated carbocycles. The average molecular weight is 468 g/mol. The van der Waals surface area contributed by atoms with E-state index in [9.17, 15) is 9.90 Å². The van der Waals surface area contributed by atoms with Gasteiger partial charge in [0, 0.05) is 41.2 Å². The number of rotatable bonds is 6. The van der Waals surface area contributed by atoms with Gasteiger partial charge in [0.1, 0.15) is 11.5 Å². The van der Waals surface area contributed by atoms with Gasteiger partial charge in [0.2, 0.25) is 0 Å². The molecule has 1 unspecified atom stereocenters. The van der Waals surface area contributed by atoms with Gasteiger partial charge < -0.3 is 19.5 Å². The molecular formula is C22H23Cl2NO4S. The number of fused-ring (bicyclic) bond motifs is 1. The van der Waals surface area contributed by atoms with Crippen LogP contribution in [0.4, 0.5) is 0 Å². The van der Waals surface area contributed by atoms with Gasteiger partial charge in [-0.3, -0.25) is 4.79 Å². The van der Waals surface area contributed by atoms with Crippen LogP contribution in [0.3, 0.4) is 0 Å². The molecule has 0 radical (unpaired) electrons. The van der Waals surface area contributed by atoms with Crippen LogP contribution in [0.15, 0.2) is 24.3 Å². The number of ether oxygens (including phenoxy) is 2. The number of benzene rings is 2. The third-order valence-corrected chi connectivity index (χ3v) is 7.83. The quantitative estimate of drug-likeness (QED) is 0.672. The number of aliphatic hydroxyl groups is 1. The van der Waals surface area contributed by atoms with Crippen molar-refractivity contribution in [3.05, 3.63) is 56.6 Å². The Kier molecular flexibility index (Phi) is 6.39. The Morgan fingerprint density at radius 3 is 2.63 bits per heavy atom. The summed E-state index contributed by atoms with van der Waals surface area (Å²) in [6, 6.07) is 7.26. The molecule has 1 N–H and O–H groups in total. The molecule has 2 aliphatic rings. The molecule has 160 valence electrons. The Hall–Kier alpha value is -1.60. The molecular weight excluding hydrogens is 445 g/mol. The first-order valence-corrected chi connectivity index (χ1v) is 11.6. The molecule has 2 aliphatic heterocycles. The van der Waals surface area contributed by atoms with Gasteiger partial charge in [-0.25, -0.2) is 0 Å². The fourth-order valence-corrected chi connectivity index (χ4v) is 5.44. The average Bonchev–Trinajstić information content (AvgIpc) is 2.70. The standard InChI is InChI=1S/C22H23Cl2NO4S/c1-28-14-4-3-12(18(7-14)29-2)9-25-6-5-15-17(23)8-16(20(24)19(15)22(25)27)21(26)13-10-30-11-13/h3-4,7-8,13,21,26H,5-6,9-11H2,1-2H3. The molecule has 2 aromatic carbocycles. The zero-order chi connectivity index (χ0) is 21.4. The molecule has 2 heterocycles. The lowest BCUT2D eigenvalue weighted by Gasteiger charge is -2.34. The van der Waals surface area contributed by atoms with Crippen molar-refractivity contribution in [1.29, 1.82) is 0 Å². The van der Waals surface area contributed by atoms with Crippen LogP contribution in [0.25, 0.3) is 0 Å². The van der Waals surface area contributed by atoms with Crippen molar-refractivity contribution in [3.63, 3.8) is 0 Å².